The normalized spacial score (nSPS) is 16.7. The summed E-state index contributed by atoms with van der Waals surface area (Å²) in [5.41, 5.74) is 12.4. The van der Waals surface area contributed by atoms with Gasteiger partial charge in [0.1, 0.15) is 11.3 Å². The Hall–Kier alpha value is -4.38. The van der Waals surface area contributed by atoms with E-state index in [0.29, 0.717) is 31.3 Å². The molecule has 6 rings (SSSR count). The number of fused-ring (bicyclic) bond motifs is 1. The molecule has 0 amide bonds. The smallest absolute Gasteiger partial charge is 0.235 e. The highest BCUT2D eigenvalue weighted by molar-refractivity contribution is 7.92. The van der Waals surface area contributed by atoms with E-state index in [0.717, 1.165) is 51.2 Å². The summed E-state index contributed by atoms with van der Waals surface area (Å²) in [5, 5.41) is 1.03. The zero-order valence-electron chi connectivity index (χ0n) is 22.8. The maximum Gasteiger partial charge on any atom is 0.235 e. The van der Waals surface area contributed by atoms with Crippen LogP contribution >= 0.6 is 0 Å². The topological polar surface area (TPSA) is 110 Å². The van der Waals surface area contributed by atoms with Crippen LogP contribution in [-0.2, 0) is 16.6 Å². The second kappa shape index (κ2) is 10.9. The molecule has 208 valence electrons. The molecule has 1 saturated heterocycles. The van der Waals surface area contributed by atoms with Crippen molar-refractivity contribution in [1.82, 2.24) is 28.7 Å². The van der Waals surface area contributed by atoms with Crippen molar-refractivity contribution in [1.29, 1.82) is 0 Å². The summed E-state index contributed by atoms with van der Waals surface area (Å²) in [6.07, 6.45) is 1.67. The molecule has 0 saturated carbocycles. The third-order valence-corrected chi connectivity index (χ3v) is 9.06. The van der Waals surface area contributed by atoms with Crippen LogP contribution in [-0.4, -0.2) is 62.8 Å². The van der Waals surface area contributed by atoms with E-state index in [1.165, 1.54) is 4.31 Å². The number of rotatable bonds is 7. The van der Waals surface area contributed by atoms with Crippen molar-refractivity contribution in [2.75, 3.05) is 25.4 Å². The quantitative estimate of drug-likeness (QED) is 0.304. The highest BCUT2D eigenvalue weighted by Crippen LogP contribution is 2.32. The molecule has 10 heteroatoms. The number of aromatic nitrogens is 4. The molecule has 1 atom stereocenters. The first-order valence-corrected chi connectivity index (χ1v) is 15.0. The maximum atomic E-state index is 12.3. The van der Waals surface area contributed by atoms with Crippen LogP contribution in [0.3, 0.4) is 0 Å². The van der Waals surface area contributed by atoms with Gasteiger partial charge < -0.3 is 5.73 Å². The molecule has 41 heavy (non-hydrogen) atoms. The average Bonchev–Trinajstić information content (AvgIpc) is 3.37. The number of nitrogen functional groups attached to an aromatic ring is 1. The van der Waals surface area contributed by atoms with Gasteiger partial charge in [-0.25, -0.2) is 23.4 Å². The molecule has 1 aliphatic rings. The predicted molar refractivity (Wildman–Crippen MR) is 163 cm³/mol. The summed E-state index contributed by atoms with van der Waals surface area (Å²) in [5.74, 6) is 1.07. The second-order valence-corrected chi connectivity index (χ2v) is 12.0. The molecule has 1 fully saturated rings. The minimum atomic E-state index is -3.42. The van der Waals surface area contributed by atoms with E-state index in [2.05, 4.69) is 40.7 Å². The standard InChI is InChI=1S/C31H31N7O2S/c1-3-41(39,40)37-19-18-36(20-22(37)2)21-23-11-13-25(14-12-23)38-30(26-10-7-17-33-29(26)32)35-28-16-15-27(34-31(28)38)24-8-5-4-6-9-24/h3-17,22H,1,18-21H2,2H3,(H2,32,33)/t22-/m0/s1. The number of imidazole rings is 1. The van der Waals surface area contributed by atoms with Crippen molar-refractivity contribution >= 4 is 27.0 Å². The van der Waals surface area contributed by atoms with Crippen LogP contribution in [0.4, 0.5) is 5.82 Å². The van der Waals surface area contributed by atoms with E-state index in [1.807, 2.05) is 66.1 Å². The van der Waals surface area contributed by atoms with E-state index < -0.39 is 10.0 Å². The molecule has 4 heterocycles. The summed E-state index contributed by atoms with van der Waals surface area (Å²) in [6.45, 7) is 7.86. The molecular formula is C31H31N7O2S. The summed E-state index contributed by atoms with van der Waals surface area (Å²) in [4.78, 5) is 16.5. The fourth-order valence-electron chi connectivity index (χ4n) is 5.40. The minimum absolute atomic E-state index is 0.124. The minimum Gasteiger partial charge on any atom is -0.383 e. The Morgan fingerprint density at radius 2 is 1.76 bits per heavy atom. The van der Waals surface area contributed by atoms with Crippen molar-refractivity contribution in [3.05, 3.63) is 103 Å². The van der Waals surface area contributed by atoms with Crippen molar-refractivity contribution in [2.24, 2.45) is 0 Å². The molecule has 0 unspecified atom stereocenters. The van der Waals surface area contributed by atoms with E-state index in [-0.39, 0.29) is 6.04 Å². The lowest BCUT2D eigenvalue weighted by Gasteiger charge is -2.38. The number of nitrogens with zero attached hydrogens (tertiary/aromatic N) is 6. The first-order valence-electron chi connectivity index (χ1n) is 13.5. The molecule has 1 aliphatic heterocycles. The molecule has 2 aromatic carbocycles. The van der Waals surface area contributed by atoms with Crippen LogP contribution in [0.5, 0.6) is 0 Å². The Labute approximate surface area is 239 Å². The van der Waals surface area contributed by atoms with Gasteiger partial charge in [0.15, 0.2) is 11.5 Å². The Morgan fingerprint density at radius 1 is 0.976 bits per heavy atom. The van der Waals surface area contributed by atoms with Gasteiger partial charge in [0, 0.05) is 55.1 Å². The lowest BCUT2D eigenvalue weighted by atomic mass is 10.1. The van der Waals surface area contributed by atoms with Crippen LogP contribution in [0.2, 0.25) is 0 Å². The van der Waals surface area contributed by atoms with Crippen molar-refractivity contribution in [2.45, 2.75) is 19.5 Å². The molecule has 3 aromatic heterocycles. The summed E-state index contributed by atoms with van der Waals surface area (Å²) in [6, 6.07) is 26.0. The lowest BCUT2D eigenvalue weighted by molar-refractivity contribution is 0.139. The van der Waals surface area contributed by atoms with E-state index >= 15 is 0 Å². The van der Waals surface area contributed by atoms with Crippen molar-refractivity contribution in [3.63, 3.8) is 0 Å². The molecule has 9 nitrogen and oxygen atoms in total. The van der Waals surface area contributed by atoms with E-state index in [9.17, 15) is 8.42 Å². The average molecular weight is 566 g/mol. The van der Waals surface area contributed by atoms with Crippen molar-refractivity contribution in [3.8, 4) is 28.3 Å². The van der Waals surface area contributed by atoms with E-state index in [4.69, 9.17) is 15.7 Å². The number of hydrogen-bond acceptors (Lipinski definition) is 7. The number of sulfonamides is 1. The Bertz CT molecular complexity index is 1820. The zero-order valence-corrected chi connectivity index (χ0v) is 23.6. The highest BCUT2D eigenvalue weighted by Gasteiger charge is 2.30. The van der Waals surface area contributed by atoms with Crippen LogP contribution in [0.15, 0.2) is 97.0 Å². The molecule has 0 bridgehead atoms. The summed E-state index contributed by atoms with van der Waals surface area (Å²) >= 11 is 0. The van der Waals surface area contributed by atoms with Gasteiger partial charge in [-0.05, 0) is 48.9 Å². The SMILES string of the molecule is C=CS(=O)(=O)N1CCN(Cc2ccc(-n3c(-c4cccnc4N)nc4ccc(-c5ccccc5)nc43)cc2)C[C@@H]1C. The third kappa shape index (κ3) is 5.24. The monoisotopic (exact) mass is 565 g/mol. The first kappa shape index (κ1) is 26.8. The number of anilines is 1. The van der Waals surface area contributed by atoms with Crippen molar-refractivity contribution < 1.29 is 8.42 Å². The Kier molecular flexibility index (Phi) is 7.12. The molecular weight excluding hydrogens is 534 g/mol. The lowest BCUT2D eigenvalue weighted by Crippen LogP contribution is -2.52. The Morgan fingerprint density at radius 3 is 2.46 bits per heavy atom. The molecule has 2 N–H and O–H groups in total. The van der Waals surface area contributed by atoms with Crippen LogP contribution in [0, 0.1) is 0 Å². The van der Waals surface area contributed by atoms with Crippen LogP contribution in [0.25, 0.3) is 39.5 Å². The fourth-order valence-corrected chi connectivity index (χ4v) is 6.50. The van der Waals surface area contributed by atoms with Crippen LogP contribution < -0.4 is 5.73 Å². The zero-order chi connectivity index (χ0) is 28.6. The van der Waals surface area contributed by atoms with E-state index in [1.54, 1.807) is 6.20 Å². The predicted octanol–water partition coefficient (Wildman–Crippen LogP) is 4.71. The first-order chi connectivity index (χ1) is 19.8. The number of hydrogen-bond donors (Lipinski definition) is 1. The number of nitrogens with two attached hydrogens (primary N) is 1. The highest BCUT2D eigenvalue weighted by atomic mass is 32.2. The Balaban J connectivity index is 1.34. The summed E-state index contributed by atoms with van der Waals surface area (Å²) < 4.78 is 28.1. The van der Waals surface area contributed by atoms with Crippen LogP contribution in [0.1, 0.15) is 12.5 Å². The van der Waals surface area contributed by atoms with Gasteiger partial charge in [0.2, 0.25) is 10.0 Å². The second-order valence-electron chi connectivity index (χ2n) is 10.2. The number of pyridine rings is 2. The molecule has 0 aliphatic carbocycles. The molecule has 0 spiro atoms. The largest absolute Gasteiger partial charge is 0.383 e. The van der Waals surface area contributed by atoms with Gasteiger partial charge in [-0.2, -0.15) is 4.31 Å². The maximum absolute atomic E-state index is 12.3. The van der Waals surface area contributed by atoms with Gasteiger partial charge in [-0.1, -0.05) is 49.0 Å². The van der Waals surface area contributed by atoms with Gasteiger partial charge in [-0.15, -0.1) is 0 Å². The fraction of sp³-hybridized carbons (Fsp3) is 0.194. The summed E-state index contributed by atoms with van der Waals surface area (Å²) in [7, 11) is -3.42. The van der Waals surface area contributed by atoms with Gasteiger partial charge in [0.25, 0.3) is 0 Å². The van der Waals surface area contributed by atoms with Gasteiger partial charge in [-0.3, -0.25) is 9.47 Å². The van der Waals surface area contributed by atoms with Gasteiger partial charge in [0.05, 0.1) is 11.3 Å². The number of benzene rings is 2. The molecule has 0 radical (unpaired) electrons. The molecule has 5 aromatic rings. The number of piperazine rings is 1. The van der Waals surface area contributed by atoms with Gasteiger partial charge >= 0.3 is 0 Å². The third-order valence-electron chi connectivity index (χ3n) is 7.44.